The van der Waals surface area contributed by atoms with E-state index in [4.69, 9.17) is 0 Å². The number of hydrogen-bond acceptors (Lipinski definition) is 4. The molecule has 0 bridgehead atoms. The predicted octanol–water partition coefficient (Wildman–Crippen LogP) is 2.32. The van der Waals surface area contributed by atoms with Crippen LogP contribution in [0.25, 0.3) is 0 Å². The summed E-state index contributed by atoms with van der Waals surface area (Å²) in [6.45, 7) is 4.75. The molecule has 0 atom stereocenters. The van der Waals surface area contributed by atoms with Gasteiger partial charge in [0.1, 0.15) is 0 Å². The highest BCUT2D eigenvalue weighted by Gasteiger charge is 2.11. The van der Waals surface area contributed by atoms with Crippen molar-refractivity contribution >= 4 is 5.91 Å². The van der Waals surface area contributed by atoms with Gasteiger partial charge in [-0.3, -0.25) is 4.79 Å². The van der Waals surface area contributed by atoms with Crippen molar-refractivity contribution in [3.8, 4) is 0 Å². The summed E-state index contributed by atoms with van der Waals surface area (Å²) in [5.41, 5.74) is 1.52. The number of amides is 1. The van der Waals surface area contributed by atoms with Crippen LogP contribution < -0.4 is 5.32 Å². The van der Waals surface area contributed by atoms with Crippen LogP contribution in [0.5, 0.6) is 0 Å². The number of likely N-dealkylation sites (tertiary alicyclic amines) is 1. The van der Waals surface area contributed by atoms with E-state index in [1.165, 1.54) is 38.8 Å². The third-order valence-electron chi connectivity index (χ3n) is 4.59. The normalized spacial score (nSPS) is 15.7. The molecule has 1 aromatic carbocycles. The van der Waals surface area contributed by atoms with Gasteiger partial charge >= 0.3 is 0 Å². The molecule has 2 aromatic rings. The first kappa shape index (κ1) is 17.6. The largest absolute Gasteiger partial charge is 0.351 e. The SMILES string of the molecule is O=C(NCCCN1CCCCCC1)c1cn(Cc2ccccc2)nn1. The Kier molecular flexibility index (Phi) is 6.56. The van der Waals surface area contributed by atoms with Crippen LogP contribution in [-0.4, -0.2) is 52.0 Å². The van der Waals surface area contributed by atoms with E-state index in [0.717, 1.165) is 18.5 Å². The zero-order valence-electron chi connectivity index (χ0n) is 14.7. The van der Waals surface area contributed by atoms with Gasteiger partial charge in [0.05, 0.1) is 12.7 Å². The highest BCUT2D eigenvalue weighted by molar-refractivity contribution is 5.91. The van der Waals surface area contributed by atoms with Gasteiger partial charge in [-0.15, -0.1) is 5.10 Å². The van der Waals surface area contributed by atoms with E-state index in [2.05, 4.69) is 20.5 Å². The number of rotatable bonds is 7. The van der Waals surface area contributed by atoms with Crippen LogP contribution in [0, 0.1) is 0 Å². The molecule has 0 aliphatic carbocycles. The lowest BCUT2D eigenvalue weighted by atomic mass is 10.2. The summed E-state index contributed by atoms with van der Waals surface area (Å²) in [5.74, 6) is -0.143. The molecule has 2 heterocycles. The van der Waals surface area contributed by atoms with Gasteiger partial charge < -0.3 is 10.2 Å². The predicted molar refractivity (Wildman–Crippen MR) is 97.4 cm³/mol. The molecule has 0 saturated carbocycles. The molecule has 6 heteroatoms. The van der Waals surface area contributed by atoms with Gasteiger partial charge in [0, 0.05) is 6.54 Å². The van der Waals surface area contributed by atoms with Crippen molar-refractivity contribution in [1.82, 2.24) is 25.2 Å². The average molecular weight is 341 g/mol. The number of carbonyl (C=O) groups excluding carboxylic acids is 1. The molecule has 25 heavy (non-hydrogen) atoms. The van der Waals surface area contributed by atoms with E-state index in [0.29, 0.717) is 18.8 Å². The van der Waals surface area contributed by atoms with Crippen molar-refractivity contribution in [1.29, 1.82) is 0 Å². The first-order valence-corrected chi connectivity index (χ1v) is 9.26. The standard InChI is InChI=1S/C19H27N5O/c25-19(20-11-8-14-23-12-6-1-2-7-13-23)18-16-24(22-21-18)15-17-9-4-3-5-10-17/h3-5,9-10,16H,1-2,6-8,11-15H2,(H,20,25). The second-order valence-corrected chi connectivity index (χ2v) is 6.65. The summed E-state index contributed by atoms with van der Waals surface area (Å²) in [6, 6.07) is 10.0. The minimum absolute atomic E-state index is 0.143. The van der Waals surface area contributed by atoms with E-state index in [-0.39, 0.29) is 5.91 Å². The molecule has 1 saturated heterocycles. The van der Waals surface area contributed by atoms with Gasteiger partial charge in [-0.2, -0.15) is 0 Å². The van der Waals surface area contributed by atoms with E-state index in [9.17, 15) is 4.79 Å². The molecule has 1 aliphatic heterocycles. The third-order valence-corrected chi connectivity index (χ3v) is 4.59. The van der Waals surface area contributed by atoms with Crippen molar-refractivity contribution in [2.24, 2.45) is 0 Å². The quantitative estimate of drug-likeness (QED) is 0.785. The topological polar surface area (TPSA) is 63.1 Å². The highest BCUT2D eigenvalue weighted by atomic mass is 16.2. The van der Waals surface area contributed by atoms with Gasteiger partial charge in [-0.25, -0.2) is 4.68 Å². The lowest BCUT2D eigenvalue weighted by Crippen LogP contribution is -2.30. The van der Waals surface area contributed by atoms with Crippen molar-refractivity contribution in [2.75, 3.05) is 26.2 Å². The Morgan fingerprint density at radius 2 is 1.84 bits per heavy atom. The van der Waals surface area contributed by atoms with Gasteiger partial charge in [0.15, 0.2) is 5.69 Å². The maximum atomic E-state index is 12.2. The van der Waals surface area contributed by atoms with E-state index in [1.807, 2.05) is 30.3 Å². The summed E-state index contributed by atoms with van der Waals surface area (Å²) in [4.78, 5) is 14.7. The fourth-order valence-corrected chi connectivity index (χ4v) is 3.21. The lowest BCUT2D eigenvalue weighted by molar-refractivity contribution is 0.0946. The summed E-state index contributed by atoms with van der Waals surface area (Å²) >= 11 is 0. The zero-order valence-corrected chi connectivity index (χ0v) is 14.7. The summed E-state index contributed by atoms with van der Waals surface area (Å²) in [7, 11) is 0. The summed E-state index contributed by atoms with van der Waals surface area (Å²) in [6.07, 6.45) is 7.99. The fourth-order valence-electron chi connectivity index (χ4n) is 3.21. The van der Waals surface area contributed by atoms with Crippen LogP contribution in [0.2, 0.25) is 0 Å². The van der Waals surface area contributed by atoms with Crippen LogP contribution in [0.3, 0.4) is 0 Å². The molecule has 3 rings (SSSR count). The van der Waals surface area contributed by atoms with Gasteiger partial charge in [-0.05, 0) is 44.5 Å². The number of benzene rings is 1. The molecule has 6 nitrogen and oxygen atoms in total. The second kappa shape index (κ2) is 9.32. The number of nitrogens with one attached hydrogen (secondary N) is 1. The van der Waals surface area contributed by atoms with E-state index in [1.54, 1.807) is 10.9 Å². The van der Waals surface area contributed by atoms with Gasteiger partial charge in [0.25, 0.3) is 5.91 Å². The van der Waals surface area contributed by atoms with E-state index >= 15 is 0 Å². The van der Waals surface area contributed by atoms with Crippen molar-refractivity contribution in [3.63, 3.8) is 0 Å². The Labute approximate surface area is 149 Å². The van der Waals surface area contributed by atoms with Crippen molar-refractivity contribution in [2.45, 2.75) is 38.6 Å². The average Bonchev–Trinajstić information content (AvgIpc) is 2.94. The Bertz CT molecular complexity index is 647. The Morgan fingerprint density at radius 3 is 2.60 bits per heavy atom. The van der Waals surface area contributed by atoms with Crippen LogP contribution in [0.1, 0.15) is 48.2 Å². The van der Waals surface area contributed by atoms with Crippen LogP contribution in [0.4, 0.5) is 0 Å². The molecule has 0 spiro atoms. The van der Waals surface area contributed by atoms with Crippen molar-refractivity contribution in [3.05, 3.63) is 47.8 Å². The Hall–Kier alpha value is -2.21. The number of carbonyl (C=O) groups is 1. The number of nitrogens with zero attached hydrogens (tertiary/aromatic N) is 4. The molecular weight excluding hydrogens is 314 g/mol. The third kappa shape index (κ3) is 5.67. The molecule has 1 fully saturated rings. The van der Waals surface area contributed by atoms with E-state index < -0.39 is 0 Å². The molecule has 1 amide bonds. The van der Waals surface area contributed by atoms with Crippen molar-refractivity contribution < 1.29 is 4.79 Å². The molecule has 0 radical (unpaired) electrons. The monoisotopic (exact) mass is 341 g/mol. The number of aromatic nitrogens is 3. The molecule has 1 N–H and O–H groups in total. The lowest BCUT2D eigenvalue weighted by Gasteiger charge is -2.19. The minimum atomic E-state index is -0.143. The van der Waals surface area contributed by atoms with Crippen LogP contribution >= 0.6 is 0 Å². The maximum absolute atomic E-state index is 12.2. The molecule has 0 unspecified atom stereocenters. The maximum Gasteiger partial charge on any atom is 0.273 e. The first-order valence-electron chi connectivity index (χ1n) is 9.26. The minimum Gasteiger partial charge on any atom is -0.351 e. The first-order chi connectivity index (χ1) is 12.3. The molecule has 134 valence electrons. The highest BCUT2D eigenvalue weighted by Crippen LogP contribution is 2.09. The molecular formula is C19H27N5O. The molecule has 1 aliphatic rings. The summed E-state index contributed by atoms with van der Waals surface area (Å²) < 4.78 is 1.70. The Morgan fingerprint density at radius 1 is 1.08 bits per heavy atom. The van der Waals surface area contributed by atoms with Crippen LogP contribution in [-0.2, 0) is 6.54 Å². The van der Waals surface area contributed by atoms with Gasteiger partial charge in [0.2, 0.25) is 0 Å². The summed E-state index contributed by atoms with van der Waals surface area (Å²) in [5, 5.41) is 11.0. The fraction of sp³-hybridized carbons (Fsp3) is 0.526. The number of hydrogen-bond donors (Lipinski definition) is 1. The van der Waals surface area contributed by atoms with Crippen LogP contribution in [0.15, 0.2) is 36.5 Å². The second-order valence-electron chi connectivity index (χ2n) is 6.65. The molecule has 1 aromatic heterocycles. The Balaban J connectivity index is 1.39. The van der Waals surface area contributed by atoms with Gasteiger partial charge in [-0.1, -0.05) is 48.4 Å². The zero-order chi connectivity index (χ0) is 17.3. The smallest absolute Gasteiger partial charge is 0.273 e.